The highest BCUT2D eigenvalue weighted by Crippen LogP contribution is 2.37. The van der Waals surface area contributed by atoms with Gasteiger partial charge < -0.3 is 10.6 Å². The van der Waals surface area contributed by atoms with Crippen LogP contribution in [-0.2, 0) is 0 Å². The highest BCUT2D eigenvalue weighted by Gasteiger charge is 2.35. The van der Waals surface area contributed by atoms with Crippen molar-refractivity contribution in [3.8, 4) is 6.07 Å². The van der Waals surface area contributed by atoms with Gasteiger partial charge in [0.1, 0.15) is 17.5 Å². The summed E-state index contributed by atoms with van der Waals surface area (Å²) in [7, 11) is 0. The normalized spacial score (nSPS) is 22.0. The molecule has 1 aromatic rings. The highest BCUT2D eigenvalue weighted by molar-refractivity contribution is 5.50. The number of hydrogen-bond acceptors (Lipinski definition) is 5. The Kier molecular flexibility index (Phi) is 3.61. The Morgan fingerprint density at radius 2 is 2.32 bits per heavy atom. The van der Waals surface area contributed by atoms with Crippen molar-refractivity contribution in [3.63, 3.8) is 0 Å². The Morgan fingerprint density at radius 1 is 1.58 bits per heavy atom. The summed E-state index contributed by atoms with van der Waals surface area (Å²) in [6.45, 7) is 8.71. The van der Waals surface area contributed by atoms with E-state index in [9.17, 15) is 0 Å². The van der Waals surface area contributed by atoms with E-state index >= 15 is 0 Å². The molecule has 19 heavy (non-hydrogen) atoms. The zero-order valence-electron chi connectivity index (χ0n) is 11.8. The largest absolute Gasteiger partial charge is 0.382 e. The number of nitriles is 1. The maximum absolute atomic E-state index is 8.85. The average molecular weight is 259 g/mol. The van der Waals surface area contributed by atoms with Gasteiger partial charge in [-0.3, -0.25) is 0 Å². The summed E-state index contributed by atoms with van der Waals surface area (Å²) in [5, 5.41) is 8.85. The molecule has 0 spiro atoms. The van der Waals surface area contributed by atoms with Crippen LogP contribution in [0.2, 0.25) is 0 Å². The molecule has 0 amide bonds. The molecule has 102 valence electrons. The van der Waals surface area contributed by atoms with E-state index < -0.39 is 0 Å². The van der Waals surface area contributed by atoms with Gasteiger partial charge in [-0.1, -0.05) is 27.2 Å². The van der Waals surface area contributed by atoms with E-state index in [2.05, 4.69) is 35.6 Å². The molecule has 2 N–H and O–H groups in total. The van der Waals surface area contributed by atoms with Crippen LogP contribution in [0.1, 0.15) is 39.2 Å². The van der Waals surface area contributed by atoms with Crippen LogP contribution in [0.25, 0.3) is 0 Å². The van der Waals surface area contributed by atoms with Crippen molar-refractivity contribution in [2.24, 2.45) is 11.3 Å². The lowest BCUT2D eigenvalue weighted by Crippen LogP contribution is -2.46. The number of nitrogens with two attached hydrogens (primary N) is 1. The number of hydrogen-bond donors (Lipinski definition) is 1. The molecule has 0 aromatic carbocycles. The van der Waals surface area contributed by atoms with E-state index in [-0.39, 0.29) is 11.2 Å². The Labute approximate surface area is 114 Å². The van der Waals surface area contributed by atoms with Gasteiger partial charge in [-0.05, 0) is 17.8 Å². The molecule has 1 atom stereocenters. The van der Waals surface area contributed by atoms with Crippen molar-refractivity contribution < 1.29 is 0 Å². The molecule has 1 saturated heterocycles. The molecule has 0 saturated carbocycles. The van der Waals surface area contributed by atoms with Crippen LogP contribution in [-0.4, -0.2) is 23.1 Å². The van der Waals surface area contributed by atoms with Crippen molar-refractivity contribution in [1.29, 1.82) is 5.26 Å². The lowest BCUT2D eigenvalue weighted by Gasteiger charge is -2.44. The lowest BCUT2D eigenvalue weighted by molar-refractivity contribution is 0.169. The third-order valence-corrected chi connectivity index (χ3v) is 4.15. The van der Waals surface area contributed by atoms with Crippen LogP contribution in [0.4, 0.5) is 11.8 Å². The summed E-state index contributed by atoms with van der Waals surface area (Å²) >= 11 is 0. The molecule has 1 fully saturated rings. The molecule has 5 nitrogen and oxygen atoms in total. The van der Waals surface area contributed by atoms with Gasteiger partial charge in [0.2, 0.25) is 5.95 Å². The first-order chi connectivity index (χ1) is 8.97. The molecule has 1 unspecified atom stereocenters. The topological polar surface area (TPSA) is 78.8 Å². The number of anilines is 2. The molecule has 2 rings (SSSR count). The maximum atomic E-state index is 8.85. The molecule has 5 heteroatoms. The smallest absolute Gasteiger partial charge is 0.227 e. The molecule has 1 aliphatic rings. The van der Waals surface area contributed by atoms with Gasteiger partial charge in [-0.15, -0.1) is 0 Å². The first kappa shape index (κ1) is 13.6. The van der Waals surface area contributed by atoms with Gasteiger partial charge in [0, 0.05) is 13.1 Å². The third-order valence-electron chi connectivity index (χ3n) is 4.15. The predicted molar refractivity (Wildman–Crippen MR) is 75.6 cm³/mol. The first-order valence-corrected chi connectivity index (χ1v) is 6.75. The second kappa shape index (κ2) is 5.04. The van der Waals surface area contributed by atoms with Crippen molar-refractivity contribution in [1.82, 2.24) is 9.97 Å². The Bertz CT molecular complexity index is 503. The molecule has 0 bridgehead atoms. The van der Waals surface area contributed by atoms with E-state index in [0.717, 1.165) is 25.4 Å². The Morgan fingerprint density at radius 3 is 2.84 bits per heavy atom. The first-order valence-electron chi connectivity index (χ1n) is 6.75. The third kappa shape index (κ3) is 2.62. The summed E-state index contributed by atoms with van der Waals surface area (Å²) in [5.41, 5.74) is 6.35. The van der Waals surface area contributed by atoms with Crippen molar-refractivity contribution >= 4 is 11.8 Å². The zero-order valence-corrected chi connectivity index (χ0v) is 11.8. The SMILES string of the molecule is CCC1CCN(c2ncc(C#N)c(N)n2)CC1(C)C. The van der Waals surface area contributed by atoms with Crippen LogP contribution in [0.3, 0.4) is 0 Å². The Hall–Kier alpha value is -1.83. The molecular weight excluding hydrogens is 238 g/mol. The van der Waals surface area contributed by atoms with Crippen molar-refractivity contribution in [2.75, 3.05) is 23.7 Å². The number of rotatable bonds is 2. The quantitative estimate of drug-likeness (QED) is 0.880. The lowest BCUT2D eigenvalue weighted by atomic mass is 9.73. The zero-order chi connectivity index (χ0) is 14.0. The minimum Gasteiger partial charge on any atom is -0.382 e. The minimum atomic E-state index is 0.249. The standard InChI is InChI=1S/C14H21N5/c1-4-11-5-6-19(9-14(11,2)3)13-17-8-10(7-15)12(16)18-13/h8,11H,4-6,9H2,1-3H3,(H2,16,17,18). The average Bonchev–Trinajstić information content (AvgIpc) is 2.37. The molecule has 1 aromatic heterocycles. The summed E-state index contributed by atoms with van der Waals surface area (Å²) < 4.78 is 0. The predicted octanol–water partition coefficient (Wildman–Crippen LogP) is 2.19. The fourth-order valence-electron chi connectivity index (χ4n) is 2.95. The van der Waals surface area contributed by atoms with Gasteiger partial charge in [0.15, 0.2) is 0 Å². The second-order valence-corrected chi connectivity index (χ2v) is 5.88. The Balaban J connectivity index is 2.20. The van der Waals surface area contributed by atoms with Gasteiger partial charge in [-0.2, -0.15) is 10.2 Å². The van der Waals surface area contributed by atoms with E-state index in [0.29, 0.717) is 11.5 Å². The summed E-state index contributed by atoms with van der Waals surface area (Å²) in [6.07, 6.45) is 3.86. The highest BCUT2D eigenvalue weighted by atomic mass is 15.3. The van der Waals surface area contributed by atoms with E-state index in [1.807, 2.05) is 6.07 Å². The fourth-order valence-corrected chi connectivity index (χ4v) is 2.95. The van der Waals surface area contributed by atoms with Crippen molar-refractivity contribution in [3.05, 3.63) is 11.8 Å². The summed E-state index contributed by atoms with van der Waals surface area (Å²) in [6, 6.07) is 1.99. The fraction of sp³-hybridized carbons (Fsp3) is 0.643. The molecule has 2 heterocycles. The minimum absolute atomic E-state index is 0.249. The molecular formula is C14H21N5. The number of aromatic nitrogens is 2. The number of piperidine rings is 1. The van der Waals surface area contributed by atoms with Crippen LogP contribution < -0.4 is 10.6 Å². The molecule has 0 radical (unpaired) electrons. The summed E-state index contributed by atoms with van der Waals surface area (Å²) in [4.78, 5) is 10.7. The monoisotopic (exact) mass is 259 g/mol. The van der Waals surface area contributed by atoms with E-state index in [4.69, 9.17) is 11.0 Å². The van der Waals surface area contributed by atoms with E-state index in [1.54, 1.807) is 0 Å². The van der Waals surface area contributed by atoms with Crippen LogP contribution in [0, 0.1) is 22.7 Å². The van der Waals surface area contributed by atoms with Gasteiger partial charge >= 0.3 is 0 Å². The van der Waals surface area contributed by atoms with Gasteiger partial charge in [-0.25, -0.2) is 4.98 Å². The van der Waals surface area contributed by atoms with Crippen LogP contribution in [0.15, 0.2) is 6.20 Å². The van der Waals surface area contributed by atoms with E-state index in [1.165, 1.54) is 12.6 Å². The van der Waals surface area contributed by atoms with Crippen LogP contribution in [0.5, 0.6) is 0 Å². The van der Waals surface area contributed by atoms with Gasteiger partial charge in [0.25, 0.3) is 0 Å². The summed E-state index contributed by atoms with van der Waals surface area (Å²) in [5.74, 6) is 1.64. The molecule has 1 aliphatic heterocycles. The van der Waals surface area contributed by atoms with Crippen molar-refractivity contribution in [2.45, 2.75) is 33.6 Å². The van der Waals surface area contributed by atoms with Gasteiger partial charge in [0.05, 0.1) is 6.20 Å². The number of nitrogens with zero attached hydrogens (tertiary/aromatic N) is 4. The second-order valence-electron chi connectivity index (χ2n) is 5.88. The number of nitrogen functional groups attached to an aromatic ring is 1. The maximum Gasteiger partial charge on any atom is 0.227 e. The molecule has 0 aliphatic carbocycles. The van der Waals surface area contributed by atoms with Crippen LogP contribution >= 0.6 is 0 Å².